The van der Waals surface area contributed by atoms with Crippen LogP contribution in [-0.4, -0.2) is 16.4 Å². The molecular weight excluding hydrogens is 271 g/mol. The molecule has 0 aromatic carbocycles. The van der Waals surface area contributed by atoms with Crippen LogP contribution in [0, 0.1) is 0 Å². The zero-order valence-corrected chi connectivity index (χ0v) is 9.41. The number of nitrogens with two attached hydrogens (primary N) is 1. The summed E-state index contributed by atoms with van der Waals surface area (Å²) in [4.78, 5) is 3.98. The molecule has 2 N–H and O–H groups in total. The van der Waals surface area contributed by atoms with Crippen molar-refractivity contribution in [1.82, 2.24) is 4.98 Å². The molecule has 0 amide bonds. The number of amidine groups is 1. The summed E-state index contributed by atoms with van der Waals surface area (Å²) in [5.74, 6) is 0. The SMILES string of the molecule is N/C([S-])=N/N=C/c1ccccn1.[Cl][Cu+]. The molecule has 1 heterocycles. The van der Waals surface area contributed by atoms with Gasteiger partial charge in [-0.3, -0.25) is 4.98 Å². The van der Waals surface area contributed by atoms with Crippen LogP contribution in [0.3, 0.4) is 0 Å². The van der Waals surface area contributed by atoms with Crippen LogP contribution >= 0.6 is 10.1 Å². The third-order valence-corrected chi connectivity index (χ3v) is 1.12. The molecule has 0 spiro atoms. The molecule has 0 saturated carbocycles. The summed E-state index contributed by atoms with van der Waals surface area (Å²) in [6, 6.07) is 5.48. The predicted molar refractivity (Wildman–Crippen MR) is 56.7 cm³/mol. The van der Waals surface area contributed by atoms with Crippen molar-refractivity contribution < 1.29 is 15.1 Å². The Balaban J connectivity index is 0.000000791. The van der Waals surface area contributed by atoms with E-state index in [1.807, 2.05) is 12.1 Å². The van der Waals surface area contributed by atoms with Crippen molar-refractivity contribution in [1.29, 1.82) is 0 Å². The minimum atomic E-state index is 0.0159. The number of hydrogen-bond donors (Lipinski definition) is 1. The summed E-state index contributed by atoms with van der Waals surface area (Å²) < 4.78 is 0. The molecule has 14 heavy (non-hydrogen) atoms. The third-order valence-electron chi connectivity index (χ3n) is 1.03. The summed E-state index contributed by atoms with van der Waals surface area (Å²) in [5.41, 5.74) is 5.81. The summed E-state index contributed by atoms with van der Waals surface area (Å²) >= 11 is 8.15. The second-order valence-corrected chi connectivity index (χ2v) is 2.36. The molecule has 79 valence electrons. The van der Waals surface area contributed by atoms with Crippen molar-refractivity contribution in [2.45, 2.75) is 0 Å². The molecule has 0 aliphatic rings. The Hall–Kier alpha value is -0.681. The molecule has 0 aliphatic carbocycles. The van der Waals surface area contributed by atoms with E-state index in [1.165, 1.54) is 6.21 Å². The van der Waals surface area contributed by atoms with Crippen molar-refractivity contribution >= 4 is 34.1 Å². The Bertz CT molecular complexity index is 300. The first-order chi connectivity index (χ1) is 6.79. The number of hydrogen-bond acceptors (Lipinski definition) is 4. The molecule has 1 aromatic heterocycles. The van der Waals surface area contributed by atoms with E-state index in [0.29, 0.717) is 0 Å². The second kappa shape index (κ2) is 8.90. The van der Waals surface area contributed by atoms with Gasteiger partial charge in [-0.05, 0) is 17.3 Å². The summed E-state index contributed by atoms with van der Waals surface area (Å²) in [5, 5.41) is 7.09. The quantitative estimate of drug-likeness (QED) is 0.288. The van der Waals surface area contributed by atoms with E-state index in [1.54, 1.807) is 12.3 Å². The zero-order valence-electron chi connectivity index (χ0n) is 6.89. The Kier molecular flexibility index (Phi) is 8.47. The van der Waals surface area contributed by atoms with Gasteiger partial charge in [0.15, 0.2) is 0 Å². The van der Waals surface area contributed by atoms with E-state index in [2.05, 4.69) is 53.0 Å². The Morgan fingerprint density at radius 1 is 1.57 bits per heavy atom. The molecule has 0 unspecified atom stereocenters. The van der Waals surface area contributed by atoms with E-state index in [4.69, 9.17) is 5.73 Å². The zero-order chi connectivity index (χ0) is 10.8. The fourth-order valence-electron chi connectivity index (χ4n) is 0.597. The fourth-order valence-corrected chi connectivity index (χ4v) is 0.644. The van der Waals surface area contributed by atoms with Gasteiger partial charge in [0, 0.05) is 6.20 Å². The van der Waals surface area contributed by atoms with Gasteiger partial charge >= 0.3 is 25.2 Å². The van der Waals surface area contributed by atoms with Gasteiger partial charge < -0.3 is 18.4 Å². The third kappa shape index (κ3) is 6.79. The maximum atomic E-state index is 5.09. The van der Waals surface area contributed by atoms with Crippen LogP contribution < -0.4 is 5.73 Å². The topological polar surface area (TPSA) is 63.6 Å². The number of halogens is 1. The molecule has 1 aromatic rings. The van der Waals surface area contributed by atoms with E-state index < -0.39 is 0 Å². The monoisotopic (exact) mass is 277 g/mol. The van der Waals surface area contributed by atoms with Gasteiger partial charge in [0.05, 0.1) is 11.9 Å². The first kappa shape index (κ1) is 13.3. The van der Waals surface area contributed by atoms with Crippen LogP contribution in [0.5, 0.6) is 0 Å². The van der Waals surface area contributed by atoms with Crippen molar-refractivity contribution in [3.8, 4) is 0 Å². The van der Waals surface area contributed by atoms with Crippen LogP contribution in [0.4, 0.5) is 0 Å². The first-order valence-corrected chi connectivity index (χ1v) is 5.05. The van der Waals surface area contributed by atoms with E-state index in [0.717, 1.165) is 5.69 Å². The van der Waals surface area contributed by atoms with Crippen LogP contribution in [-0.2, 0) is 27.7 Å². The molecule has 4 nitrogen and oxygen atoms in total. The van der Waals surface area contributed by atoms with Gasteiger partial charge in [-0.1, -0.05) is 6.07 Å². The molecule has 7 heteroatoms. The molecule has 0 aliphatic heterocycles. The van der Waals surface area contributed by atoms with Crippen molar-refractivity contribution in [2.24, 2.45) is 15.9 Å². The molecule has 0 saturated heterocycles. The van der Waals surface area contributed by atoms with E-state index in [-0.39, 0.29) is 5.17 Å². The average molecular weight is 278 g/mol. The van der Waals surface area contributed by atoms with Gasteiger partial charge in [-0.2, -0.15) is 10.2 Å². The normalized spacial score (nSPS) is 10.9. The Labute approximate surface area is 100 Å². The predicted octanol–water partition coefficient (Wildman–Crippen LogP) is 0.964. The van der Waals surface area contributed by atoms with Gasteiger partial charge in [0.25, 0.3) is 0 Å². The molecule has 0 radical (unpaired) electrons. The van der Waals surface area contributed by atoms with Gasteiger partial charge in [0.1, 0.15) is 0 Å². The van der Waals surface area contributed by atoms with Crippen LogP contribution in [0.15, 0.2) is 34.6 Å². The van der Waals surface area contributed by atoms with Gasteiger partial charge in [0.2, 0.25) is 0 Å². The molecule has 1 rings (SSSR count). The van der Waals surface area contributed by atoms with Gasteiger partial charge in [-0.25, -0.2) is 0 Å². The van der Waals surface area contributed by atoms with Crippen molar-refractivity contribution in [3.63, 3.8) is 0 Å². The average Bonchev–Trinajstić information content (AvgIpc) is 2.22. The summed E-state index contributed by atoms with van der Waals surface area (Å²) in [7, 11) is 4.20. The van der Waals surface area contributed by atoms with E-state index >= 15 is 0 Å². The van der Waals surface area contributed by atoms with Crippen molar-refractivity contribution in [2.75, 3.05) is 0 Å². The second-order valence-electron chi connectivity index (χ2n) is 1.94. The van der Waals surface area contributed by atoms with E-state index in [9.17, 15) is 0 Å². The Morgan fingerprint density at radius 2 is 2.29 bits per heavy atom. The minimum absolute atomic E-state index is 0.0159. The number of rotatable bonds is 2. The standard InChI is InChI=1S/C7H8N4S.ClH.Cu/c8-7(12)11-10-5-6-3-1-2-4-9-6;;/h1-5H,(H3,8,11,12);1H;/q;;+2/p-2/b10-5+;;. The Morgan fingerprint density at radius 3 is 2.79 bits per heavy atom. The first-order valence-electron chi connectivity index (χ1n) is 3.35. The summed E-state index contributed by atoms with van der Waals surface area (Å²) in [6.45, 7) is 0. The number of aromatic nitrogens is 1. The molecule has 0 fully saturated rings. The fraction of sp³-hybridized carbons (Fsp3) is 0. The van der Waals surface area contributed by atoms with Crippen LogP contribution in [0.1, 0.15) is 5.69 Å². The number of pyridine rings is 1. The van der Waals surface area contributed by atoms with Gasteiger partial charge in [-0.15, -0.1) is 0 Å². The molecular formula is C7H7ClCuN4S. The molecule has 0 atom stereocenters. The summed E-state index contributed by atoms with van der Waals surface area (Å²) in [6.07, 6.45) is 3.15. The number of nitrogens with zero attached hydrogens (tertiary/aromatic N) is 3. The molecule has 0 bridgehead atoms. The maximum absolute atomic E-state index is 5.09. The van der Waals surface area contributed by atoms with Crippen LogP contribution in [0.2, 0.25) is 0 Å². The van der Waals surface area contributed by atoms with Crippen LogP contribution in [0.25, 0.3) is 0 Å². The van der Waals surface area contributed by atoms with Crippen molar-refractivity contribution in [3.05, 3.63) is 30.1 Å².